The lowest BCUT2D eigenvalue weighted by molar-refractivity contribution is -0.134. The minimum atomic E-state index is -1.15. The first-order valence-electron chi connectivity index (χ1n) is 14.6. The Morgan fingerprint density at radius 1 is 1.07 bits per heavy atom. The topological polar surface area (TPSA) is 157 Å². The Morgan fingerprint density at radius 2 is 1.81 bits per heavy atom. The number of methoxy groups -OCH3 is 1. The molecule has 0 radical (unpaired) electrons. The van der Waals surface area contributed by atoms with Gasteiger partial charge in [0, 0.05) is 19.9 Å². The summed E-state index contributed by atoms with van der Waals surface area (Å²) in [5.74, 6) is -1.82. The summed E-state index contributed by atoms with van der Waals surface area (Å²) in [7, 11) is 1.39. The predicted octanol–water partition coefficient (Wildman–Crippen LogP) is 1.37. The van der Waals surface area contributed by atoms with Crippen molar-refractivity contribution in [2.24, 2.45) is 0 Å². The Labute approximate surface area is 251 Å². The van der Waals surface area contributed by atoms with Gasteiger partial charge in [-0.05, 0) is 50.3 Å². The summed E-state index contributed by atoms with van der Waals surface area (Å²) in [6.07, 6.45) is 4.99. The molecule has 4 rings (SSSR count). The number of hydrogen-bond donors (Lipinski definition) is 3. The van der Waals surface area contributed by atoms with Crippen LogP contribution in [0.4, 0.5) is 0 Å². The lowest BCUT2D eigenvalue weighted by atomic mass is 9.94. The first-order valence-corrected chi connectivity index (χ1v) is 14.6. The number of epoxide rings is 1. The molecule has 1 aromatic carbocycles. The van der Waals surface area contributed by atoms with E-state index in [4.69, 9.17) is 18.9 Å². The zero-order valence-electron chi connectivity index (χ0n) is 24.6. The molecule has 0 saturated carbocycles. The summed E-state index contributed by atoms with van der Waals surface area (Å²) in [6.45, 7) is 2.46. The number of ketones is 1. The van der Waals surface area contributed by atoms with E-state index in [0.717, 1.165) is 31.2 Å². The summed E-state index contributed by atoms with van der Waals surface area (Å²) in [5, 5.41) is 8.15. The molecule has 1 saturated heterocycles. The number of ether oxygens (including phenoxy) is 4. The van der Waals surface area contributed by atoms with E-state index in [1.54, 1.807) is 19.1 Å². The van der Waals surface area contributed by atoms with Crippen LogP contribution < -0.4 is 20.7 Å². The van der Waals surface area contributed by atoms with Crippen molar-refractivity contribution in [1.29, 1.82) is 0 Å². The van der Waals surface area contributed by atoms with E-state index in [1.807, 2.05) is 30.3 Å². The minimum absolute atomic E-state index is 0.0383. The number of Topliss-reactive ketones (excluding diaryl/α,β-unsaturated/α-hetero) is 1. The average molecular weight is 597 g/mol. The molecule has 2 aliphatic rings. The van der Waals surface area contributed by atoms with Gasteiger partial charge >= 0.3 is 0 Å². The normalized spacial score (nSPS) is 24.2. The van der Waals surface area contributed by atoms with E-state index < -0.39 is 41.4 Å². The van der Waals surface area contributed by atoms with Gasteiger partial charge in [0.15, 0.2) is 17.2 Å². The molecule has 3 amide bonds. The van der Waals surface area contributed by atoms with Crippen molar-refractivity contribution in [3.63, 3.8) is 0 Å². The largest absolute Gasteiger partial charge is 0.491 e. The quantitative estimate of drug-likeness (QED) is 0.383. The van der Waals surface area contributed by atoms with Crippen LogP contribution in [-0.2, 0) is 35.0 Å². The minimum Gasteiger partial charge on any atom is -0.491 e. The number of rotatable bonds is 8. The second kappa shape index (κ2) is 15.6. The second-order valence-corrected chi connectivity index (χ2v) is 10.9. The molecule has 0 spiro atoms. The Morgan fingerprint density at radius 3 is 2.53 bits per heavy atom. The van der Waals surface area contributed by atoms with Gasteiger partial charge in [-0.15, -0.1) is 0 Å². The van der Waals surface area contributed by atoms with E-state index >= 15 is 0 Å². The first-order chi connectivity index (χ1) is 20.8. The van der Waals surface area contributed by atoms with Crippen LogP contribution in [0.3, 0.4) is 0 Å². The van der Waals surface area contributed by atoms with Crippen LogP contribution in [0.1, 0.15) is 48.7 Å². The molecule has 0 aliphatic carbocycles. The standard InChI is InChI=1S/C31H40N4O8/c1-31(20-43-31)27(36)22(17-21-11-6-5-7-12-21)33-29(38)24-19-41-15-8-3-4-9-16-42-25-13-10-14-32-26(25)30(39)35-23(18-40-2)28(37)34-24/h5-7,10-14,22-24H,3-4,8-9,15-20H2,1-2H3,(H,33,38)(H,34,37)(H,35,39)/t22-,23-,24-,31+/m0/s1. The van der Waals surface area contributed by atoms with Crippen LogP contribution in [0.5, 0.6) is 5.75 Å². The van der Waals surface area contributed by atoms with Gasteiger partial charge in [-0.3, -0.25) is 19.2 Å². The number of hydrogen-bond acceptors (Lipinski definition) is 9. The molecule has 3 N–H and O–H groups in total. The fourth-order valence-corrected chi connectivity index (χ4v) is 4.70. The van der Waals surface area contributed by atoms with Crippen molar-refractivity contribution in [1.82, 2.24) is 20.9 Å². The Kier molecular flexibility index (Phi) is 11.6. The van der Waals surface area contributed by atoms with Crippen molar-refractivity contribution >= 4 is 23.5 Å². The smallest absolute Gasteiger partial charge is 0.274 e. The maximum Gasteiger partial charge on any atom is 0.274 e. The van der Waals surface area contributed by atoms with Gasteiger partial charge < -0.3 is 34.9 Å². The highest BCUT2D eigenvalue weighted by atomic mass is 16.6. The highest BCUT2D eigenvalue weighted by Crippen LogP contribution is 2.29. The van der Waals surface area contributed by atoms with Gasteiger partial charge in [-0.2, -0.15) is 0 Å². The fraction of sp³-hybridized carbons (Fsp3) is 0.516. The lowest BCUT2D eigenvalue weighted by Gasteiger charge is -2.26. The second-order valence-electron chi connectivity index (χ2n) is 10.9. The molecule has 43 heavy (non-hydrogen) atoms. The summed E-state index contributed by atoms with van der Waals surface area (Å²) in [5.41, 5.74) is -0.0650. The third-order valence-electron chi connectivity index (χ3n) is 7.31. The summed E-state index contributed by atoms with van der Waals surface area (Å²) < 4.78 is 22.2. The van der Waals surface area contributed by atoms with Gasteiger partial charge in [0.05, 0.1) is 32.5 Å². The number of nitrogens with one attached hydrogen (secondary N) is 3. The Hall–Kier alpha value is -3.87. The Balaban J connectivity index is 1.53. The van der Waals surface area contributed by atoms with E-state index in [9.17, 15) is 19.2 Å². The zero-order chi connectivity index (χ0) is 30.7. The number of fused-ring (bicyclic) bond motifs is 1. The highest BCUT2D eigenvalue weighted by Gasteiger charge is 2.50. The van der Waals surface area contributed by atoms with E-state index in [-0.39, 0.29) is 37.7 Å². The van der Waals surface area contributed by atoms with Gasteiger partial charge in [0.1, 0.15) is 17.7 Å². The predicted molar refractivity (Wildman–Crippen MR) is 156 cm³/mol. The van der Waals surface area contributed by atoms with Crippen LogP contribution in [-0.4, -0.2) is 92.4 Å². The molecule has 2 aliphatic heterocycles. The van der Waals surface area contributed by atoms with Crippen LogP contribution in [0.25, 0.3) is 0 Å². The van der Waals surface area contributed by atoms with Crippen molar-refractivity contribution in [2.45, 2.75) is 62.8 Å². The molecule has 1 fully saturated rings. The van der Waals surface area contributed by atoms with Crippen LogP contribution in [0, 0.1) is 0 Å². The number of benzene rings is 1. The summed E-state index contributed by atoms with van der Waals surface area (Å²) in [6, 6.07) is 9.46. The SMILES string of the molecule is COC[C@@H]1NC(=O)c2ncccc2OCCCCCCOC[C@@H](C(=O)N[C@@H](Cc2ccccc2)C(=O)[C@@]2(C)CO2)NC1=O. The van der Waals surface area contributed by atoms with E-state index in [2.05, 4.69) is 20.9 Å². The third-order valence-corrected chi connectivity index (χ3v) is 7.31. The lowest BCUT2D eigenvalue weighted by Crippen LogP contribution is -2.59. The number of pyridine rings is 1. The molecule has 232 valence electrons. The van der Waals surface area contributed by atoms with Crippen molar-refractivity contribution in [2.75, 3.05) is 40.1 Å². The maximum absolute atomic E-state index is 13.6. The molecule has 12 nitrogen and oxygen atoms in total. The van der Waals surface area contributed by atoms with Crippen molar-refractivity contribution in [3.05, 3.63) is 59.9 Å². The summed E-state index contributed by atoms with van der Waals surface area (Å²) in [4.78, 5) is 57.7. The highest BCUT2D eigenvalue weighted by molar-refractivity contribution is 6.00. The number of carbonyl (C=O) groups is 4. The van der Waals surface area contributed by atoms with E-state index in [1.165, 1.54) is 13.3 Å². The van der Waals surface area contributed by atoms with Gasteiger partial charge in [-0.1, -0.05) is 36.8 Å². The maximum atomic E-state index is 13.6. The molecule has 1 aromatic heterocycles. The van der Waals surface area contributed by atoms with E-state index in [0.29, 0.717) is 19.0 Å². The van der Waals surface area contributed by atoms with Crippen molar-refractivity contribution in [3.8, 4) is 5.75 Å². The zero-order valence-corrected chi connectivity index (χ0v) is 24.6. The first kappa shape index (κ1) is 32.1. The summed E-state index contributed by atoms with van der Waals surface area (Å²) >= 11 is 0. The van der Waals surface area contributed by atoms with Crippen LogP contribution in [0.2, 0.25) is 0 Å². The van der Waals surface area contributed by atoms with Gasteiger partial charge in [0.2, 0.25) is 11.8 Å². The molecule has 12 heteroatoms. The molecule has 4 atom stereocenters. The third kappa shape index (κ3) is 9.31. The molecule has 0 unspecified atom stereocenters. The van der Waals surface area contributed by atoms with Crippen molar-refractivity contribution < 1.29 is 38.1 Å². The molecule has 2 aromatic rings. The molecule has 3 heterocycles. The average Bonchev–Trinajstić information content (AvgIpc) is 3.76. The monoisotopic (exact) mass is 596 g/mol. The number of amides is 3. The van der Waals surface area contributed by atoms with Gasteiger partial charge in [0.25, 0.3) is 5.91 Å². The molecular formula is C31H40N4O8. The molecular weight excluding hydrogens is 556 g/mol. The Bertz CT molecular complexity index is 1250. The van der Waals surface area contributed by atoms with Crippen LogP contribution in [0.15, 0.2) is 48.7 Å². The fourth-order valence-electron chi connectivity index (χ4n) is 4.70. The number of nitrogens with zero attached hydrogens (tertiary/aromatic N) is 1. The van der Waals surface area contributed by atoms with Crippen LogP contribution >= 0.6 is 0 Å². The number of aromatic nitrogens is 1. The number of carbonyl (C=O) groups excluding carboxylic acids is 4. The van der Waals surface area contributed by atoms with Gasteiger partial charge in [-0.25, -0.2) is 4.98 Å². The molecule has 0 bridgehead atoms.